The van der Waals surface area contributed by atoms with E-state index in [-0.39, 0.29) is 0 Å². The van der Waals surface area contributed by atoms with E-state index in [1.165, 1.54) is 10.6 Å². The molecule has 0 saturated heterocycles. The molecule has 1 aliphatic rings. The van der Waals surface area contributed by atoms with E-state index in [2.05, 4.69) is 56.8 Å². The summed E-state index contributed by atoms with van der Waals surface area (Å²) in [5.41, 5.74) is 1.28. The van der Waals surface area contributed by atoms with Gasteiger partial charge in [0.1, 0.15) is 5.75 Å². The average Bonchev–Trinajstić information content (AvgIpc) is 2.56. The van der Waals surface area contributed by atoms with E-state index in [0.29, 0.717) is 5.37 Å². The van der Waals surface area contributed by atoms with Gasteiger partial charge < -0.3 is 9.64 Å². The number of rotatable bonds is 2. The lowest BCUT2D eigenvalue weighted by Crippen LogP contribution is -2.21. The van der Waals surface area contributed by atoms with Crippen molar-refractivity contribution in [2.24, 2.45) is 0 Å². The van der Waals surface area contributed by atoms with Crippen LogP contribution in [-0.4, -0.2) is 19.5 Å². The summed E-state index contributed by atoms with van der Waals surface area (Å²) in [4.78, 5) is 3.56. The van der Waals surface area contributed by atoms with Gasteiger partial charge in [-0.25, -0.2) is 0 Å². The predicted octanol–water partition coefficient (Wildman–Crippen LogP) is 3.51. The highest BCUT2D eigenvalue weighted by molar-refractivity contribution is 14.1. The minimum absolute atomic E-state index is 0.406. The van der Waals surface area contributed by atoms with Gasteiger partial charge in [0.05, 0.1) is 18.2 Å². The lowest BCUT2D eigenvalue weighted by atomic mass is 10.3. The summed E-state index contributed by atoms with van der Waals surface area (Å²) in [6.07, 6.45) is 2.19. The van der Waals surface area contributed by atoms with Crippen molar-refractivity contribution in [3.63, 3.8) is 0 Å². The van der Waals surface area contributed by atoms with E-state index in [4.69, 9.17) is 4.74 Å². The van der Waals surface area contributed by atoms with Gasteiger partial charge in [-0.05, 0) is 28.4 Å². The van der Waals surface area contributed by atoms with Gasteiger partial charge in [0.25, 0.3) is 0 Å². The number of likely N-dealkylation sites (N-methyl/N-ethyl adjacent to an activating group) is 1. The second kappa shape index (κ2) is 4.65. The van der Waals surface area contributed by atoms with Gasteiger partial charge in [0, 0.05) is 11.9 Å². The van der Waals surface area contributed by atoms with E-state index in [0.717, 1.165) is 5.75 Å². The van der Waals surface area contributed by atoms with Crippen molar-refractivity contribution in [2.75, 3.05) is 19.1 Å². The Labute approximate surface area is 108 Å². The molecular weight excluding hydrogens is 321 g/mol. The fourth-order valence-electron chi connectivity index (χ4n) is 1.58. The summed E-state index contributed by atoms with van der Waals surface area (Å²) in [6, 6.07) is 6.21. The van der Waals surface area contributed by atoms with Crippen molar-refractivity contribution >= 4 is 40.0 Å². The Balaban J connectivity index is 2.32. The van der Waals surface area contributed by atoms with Crippen LogP contribution in [0.4, 0.5) is 5.69 Å². The lowest BCUT2D eigenvalue weighted by molar-refractivity contribution is 0.414. The third-order valence-corrected chi connectivity index (χ3v) is 4.12. The number of halogens is 1. The quantitative estimate of drug-likeness (QED) is 0.769. The molecule has 2 rings (SSSR count). The van der Waals surface area contributed by atoms with E-state index in [1.807, 2.05) is 17.8 Å². The Morgan fingerprint density at radius 2 is 2.33 bits per heavy atom. The molecule has 1 atom stereocenters. The second-order valence-corrected chi connectivity index (χ2v) is 5.15. The zero-order valence-electron chi connectivity index (χ0n) is 8.61. The van der Waals surface area contributed by atoms with Gasteiger partial charge in [-0.2, -0.15) is 0 Å². The van der Waals surface area contributed by atoms with Crippen LogP contribution < -0.4 is 9.64 Å². The zero-order chi connectivity index (χ0) is 10.8. The SMILES string of the molecule is COc1ccc2c(c1)SC(/C=C/I)N2C. The Kier molecular flexibility index (Phi) is 3.45. The Bertz CT molecular complexity index is 394. The fourth-order valence-corrected chi connectivity index (χ4v) is 3.47. The van der Waals surface area contributed by atoms with E-state index in [9.17, 15) is 0 Å². The Morgan fingerprint density at radius 1 is 1.53 bits per heavy atom. The molecule has 0 fully saturated rings. The molecule has 0 amide bonds. The van der Waals surface area contributed by atoms with Crippen LogP contribution in [0.2, 0.25) is 0 Å². The molecular formula is C11H12INOS. The van der Waals surface area contributed by atoms with Crippen LogP contribution in [0, 0.1) is 0 Å². The first-order valence-corrected chi connectivity index (χ1v) is 6.73. The first-order chi connectivity index (χ1) is 7.26. The van der Waals surface area contributed by atoms with Gasteiger partial charge in [0.2, 0.25) is 0 Å². The molecule has 15 heavy (non-hydrogen) atoms. The summed E-state index contributed by atoms with van der Waals surface area (Å²) < 4.78 is 7.28. The van der Waals surface area contributed by atoms with Gasteiger partial charge >= 0.3 is 0 Å². The number of nitrogens with zero attached hydrogens (tertiary/aromatic N) is 1. The Morgan fingerprint density at radius 3 is 3.00 bits per heavy atom. The molecule has 1 unspecified atom stereocenters. The molecule has 0 saturated carbocycles. The monoisotopic (exact) mass is 333 g/mol. The smallest absolute Gasteiger partial charge is 0.120 e. The van der Waals surface area contributed by atoms with Crippen molar-refractivity contribution in [1.29, 1.82) is 0 Å². The summed E-state index contributed by atoms with van der Waals surface area (Å²) in [6.45, 7) is 0. The lowest BCUT2D eigenvalue weighted by Gasteiger charge is -2.17. The molecule has 1 heterocycles. The van der Waals surface area contributed by atoms with Gasteiger partial charge in [0.15, 0.2) is 0 Å². The van der Waals surface area contributed by atoms with Gasteiger partial charge in [-0.3, -0.25) is 0 Å². The largest absolute Gasteiger partial charge is 0.497 e. The van der Waals surface area contributed by atoms with Crippen LogP contribution in [0.1, 0.15) is 0 Å². The highest BCUT2D eigenvalue weighted by Gasteiger charge is 2.25. The third kappa shape index (κ3) is 2.10. The van der Waals surface area contributed by atoms with Crippen molar-refractivity contribution in [2.45, 2.75) is 10.3 Å². The molecule has 1 aromatic carbocycles. The van der Waals surface area contributed by atoms with Crippen molar-refractivity contribution in [1.82, 2.24) is 0 Å². The molecule has 1 aromatic rings. The zero-order valence-corrected chi connectivity index (χ0v) is 11.6. The van der Waals surface area contributed by atoms with Crippen LogP contribution >= 0.6 is 34.4 Å². The summed E-state index contributed by atoms with van der Waals surface area (Å²) in [5.74, 6) is 0.925. The van der Waals surface area contributed by atoms with E-state index < -0.39 is 0 Å². The normalized spacial score (nSPS) is 19.7. The minimum atomic E-state index is 0.406. The number of hydrogen-bond donors (Lipinski definition) is 0. The molecule has 1 aliphatic heterocycles. The molecule has 0 spiro atoms. The fraction of sp³-hybridized carbons (Fsp3) is 0.273. The van der Waals surface area contributed by atoms with Crippen molar-refractivity contribution < 1.29 is 4.74 Å². The van der Waals surface area contributed by atoms with Crippen LogP contribution in [0.5, 0.6) is 5.75 Å². The summed E-state index contributed by atoms with van der Waals surface area (Å²) in [7, 11) is 3.82. The van der Waals surface area contributed by atoms with E-state index >= 15 is 0 Å². The molecule has 80 valence electrons. The van der Waals surface area contributed by atoms with E-state index in [1.54, 1.807) is 7.11 Å². The number of methoxy groups -OCH3 is 1. The highest BCUT2D eigenvalue weighted by Crippen LogP contribution is 2.44. The molecule has 0 aliphatic carbocycles. The number of anilines is 1. The number of thioether (sulfide) groups is 1. The maximum absolute atomic E-state index is 5.22. The number of fused-ring (bicyclic) bond motifs is 1. The second-order valence-electron chi connectivity index (χ2n) is 3.27. The third-order valence-electron chi connectivity index (χ3n) is 2.41. The molecule has 2 nitrogen and oxygen atoms in total. The number of hydrogen-bond acceptors (Lipinski definition) is 3. The maximum atomic E-state index is 5.22. The molecule has 0 radical (unpaired) electrons. The standard InChI is InChI=1S/C11H12INOS/c1-13-9-4-3-8(14-2)7-10(9)15-11(13)5-6-12/h3-7,11H,1-2H3/b6-5+. The summed E-state index contributed by atoms with van der Waals surface area (Å²) >= 11 is 4.11. The number of benzene rings is 1. The molecule has 4 heteroatoms. The molecule has 0 bridgehead atoms. The summed E-state index contributed by atoms with van der Waals surface area (Å²) in [5, 5.41) is 0.406. The first-order valence-electron chi connectivity index (χ1n) is 4.60. The highest BCUT2D eigenvalue weighted by atomic mass is 127. The van der Waals surface area contributed by atoms with Crippen LogP contribution in [0.3, 0.4) is 0 Å². The van der Waals surface area contributed by atoms with Crippen molar-refractivity contribution in [3.8, 4) is 5.75 Å². The van der Waals surface area contributed by atoms with Gasteiger partial charge in [-0.1, -0.05) is 34.4 Å². The van der Waals surface area contributed by atoms with Crippen molar-refractivity contribution in [3.05, 3.63) is 28.4 Å². The topological polar surface area (TPSA) is 12.5 Å². The molecule has 0 aromatic heterocycles. The van der Waals surface area contributed by atoms with Gasteiger partial charge in [-0.15, -0.1) is 0 Å². The van der Waals surface area contributed by atoms with Crippen LogP contribution in [0.25, 0.3) is 0 Å². The Hall–Kier alpha value is -0.360. The van der Waals surface area contributed by atoms with Crippen LogP contribution in [0.15, 0.2) is 33.3 Å². The molecule has 0 N–H and O–H groups in total. The minimum Gasteiger partial charge on any atom is -0.497 e. The maximum Gasteiger partial charge on any atom is 0.120 e. The van der Waals surface area contributed by atoms with Crippen LogP contribution in [-0.2, 0) is 0 Å². The predicted molar refractivity (Wildman–Crippen MR) is 74.2 cm³/mol. The number of ether oxygens (including phenoxy) is 1. The average molecular weight is 333 g/mol. The first kappa shape index (κ1) is 11.1.